The molecule has 0 atom stereocenters. The highest BCUT2D eigenvalue weighted by Crippen LogP contribution is 2.46. The Hall–Kier alpha value is -3.53. The molecular weight excluding hydrogens is 401 g/mol. The van der Waals surface area contributed by atoms with E-state index in [0.29, 0.717) is 11.8 Å². The molecular formula is C29H30BN3. The van der Waals surface area contributed by atoms with E-state index in [1.165, 1.54) is 33.7 Å². The van der Waals surface area contributed by atoms with E-state index >= 15 is 0 Å². The van der Waals surface area contributed by atoms with Crippen LogP contribution in [-0.4, -0.2) is 12.0 Å². The maximum atomic E-state index is 4.81. The quantitative estimate of drug-likeness (QED) is 0.317. The third-order valence-electron chi connectivity index (χ3n) is 6.50. The Morgan fingerprint density at radius 1 is 0.606 bits per heavy atom. The Labute approximate surface area is 197 Å². The van der Waals surface area contributed by atoms with Gasteiger partial charge in [-0.15, -0.1) is 0 Å². The van der Waals surface area contributed by atoms with Gasteiger partial charge in [0.25, 0.3) is 0 Å². The Morgan fingerprint density at radius 3 is 1.76 bits per heavy atom. The Balaban J connectivity index is 1.85. The minimum absolute atomic E-state index is 0.0318. The van der Waals surface area contributed by atoms with E-state index in [4.69, 9.17) is 4.98 Å². The number of rotatable bonds is 5. The number of hydrogen-bond donors (Lipinski definition) is 0. The molecule has 1 aliphatic rings. The van der Waals surface area contributed by atoms with Crippen LogP contribution >= 0.6 is 0 Å². The second-order valence-corrected chi connectivity index (χ2v) is 9.29. The summed E-state index contributed by atoms with van der Waals surface area (Å²) in [5.41, 5.74) is 7.72. The molecule has 2 heterocycles. The molecule has 4 aromatic rings. The van der Waals surface area contributed by atoms with Crippen molar-refractivity contribution in [1.82, 2.24) is 4.98 Å². The van der Waals surface area contributed by atoms with E-state index in [1.54, 1.807) is 0 Å². The monoisotopic (exact) mass is 431 g/mol. The molecule has 0 spiro atoms. The smallest absolute Gasteiger partial charge is 0.360 e. The molecule has 0 saturated heterocycles. The van der Waals surface area contributed by atoms with Gasteiger partial charge in [0.1, 0.15) is 5.82 Å². The molecule has 164 valence electrons. The number of hydrogen-bond acceptors (Lipinski definition) is 3. The number of fused-ring (bicyclic) bond motifs is 1. The maximum Gasteiger partial charge on any atom is 0.422 e. The fourth-order valence-corrected chi connectivity index (χ4v) is 5.03. The first-order valence-corrected chi connectivity index (χ1v) is 11.8. The third kappa shape index (κ3) is 3.70. The van der Waals surface area contributed by atoms with Crippen molar-refractivity contribution in [3.8, 4) is 0 Å². The average molecular weight is 431 g/mol. The second-order valence-electron chi connectivity index (χ2n) is 9.29. The Morgan fingerprint density at radius 2 is 1.18 bits per heavy atom. The van der Waals surface area contributed by atoms with Crippen molar-refractivity contribution >= 4 is 35.3 Å². The topological polar surface area (TPSA) is 19.4 Å². The van der Waals surface area contributed by atoms with Crippen LogP contribution in [0.2, 0.25) is 0 Å². The van der Waals surface area contributed by atoms with Crippen LogP contribution in [0.25, 0.3) is 0 Å². The summed E-state index contributed by atoms with van der Waals surface area (Å²) in [6, 6.07) is 32.4. The van der Waals surface area contributed by atoms with Crippen LogP contribution in [-0.2, 0) is 0 Å². The largest absolute Gasteiger partial charge is 0.422 e. The zero-order chi connectivity index (χ0) is 22.9. The van der Waals surface area contributed by atoms with Crippen molar-refractivity contribution in [3.05, 3.63) is 108 Å². The van der Waals surface area contributed by atoms with E-state index in [2.05, 4.69) is 122 Å². The average Bonchev–Trinajstić information content (AvgIpc) is 3.19. The van der Waals surface area contributed by atoms with Crippen molar-refractivity contribution in [1.29, 1.82) is 0 Å². The van der Waals surface area contributed by atoms with E-state index in [0.717, 1.165) is 5.82 Å². The number of aromatic nitrogens is 1. The lowest BCUT2D eigenvalue weighted by molar-refractivity contribution is 0.844. The van der Waals surface area contributed by atoms with Gasteiger partial charge in [-0.2, -0.15) is 0 Å². The molecule has 0 amide bonds. The normalized spacial score (nSPS) is 13.2. The van der Waals surface area contributed by atoms with E-state index < -0.39 is 0 Å². The first-order chi connectivity index (χ1) is 16.1. The molecule has 1 aliphatic heterocycles. The molecule has 0 N–H and O–H groups in total. The van der Waals surface area contributed by atoms with Crippen LogP contribution in [0.5, 0.6) is 0 Å². The van der Waals surface area contributed by atoms with Crippen molar-refractivity contribution in [3.63, 3.8) is 0 Å². The van der Waals surface area contributed by atoms with Crippen molar-refractivity contribution < 1.29 is 0 Å². The second kappa shape index (κ2) is 8.78. The molecule has 0 bridgehead atoms. The molecule has 33 heavy (non-hydrogen) atoms. The van der Waals surface area contributed by atoms with Gasteiger partial charge >= 0.3 is 6.98 Å². The first kappa shape index (κ1) is 21.3. The fourth-order valence-electron chi connectivity index (χ4n) is 5.03. The molecule has 0 fully saturated rings. The van der Waals surface area contributed by atoms with Gasteiger partial charge in [0.15, 0.2) is 0 Å². The van der Waals surface area contributed by atoms with E-state index in [9.17, 15) is 0 Å². The van der Waals surface area contributed by atoms with Crippen LogP contribution in [0, 0.1) is 0 Å². The van der Waals surface area contributed by atoms with Crippen molar-refractivity contribution in [2.45, 2.75) is 39.5 Å². The SMILES string of the molecule is CC(C)c1cccc(C(C)C)c1B1N(c2ccccc2)c2ccccc2N1c1ccccn1. The number of nitrogens with zero attached hydrogens (tertiary/aromatic N) is 3. The predicted octanol–water partition coefficient (Wildman–Crippen LogP) is 7.01. The molecule has 0 saturated carbocycles. The van der Waals surface area contributed by atoms with Gasteiger partial charge in [0.2, 0.25) is 0 Å². The highest BCUT2D eigenvalue weighted by Gasteiger charge is 2.46. The fraction of sp³-hybridized carbons (Fsp3) is 0.207. The summed E-state index contributed by atoms with van der Waals surface area (Å²) in [5.74, 6) is 1.78. The van der Waals surface area contributed by atoms with Crippen LogP contribution in [0.15, 0.2) is 97.2 Å². The lowest BCUT2D eigenvalue weighted by Crippen LogP contribution is -2.56. The van der Waals surface area contributed by atoms with Gasteiger partial charge in [-0.05, 0) is 64.8 Å². The third-order valence-corrected chi connectivity index (χ3v) is 6.50. The summed E-state index contributed by atoms with van der Waals surface area (Å²) >= 11 is 0. The zero-order valence-corrected chi connectivity index (χ0v) is 19.8. The summed E-state index contributed by atoms with van der Waals surface area (Å²) in [6.07, 6.45) is 1.89. The highest BCUT2D eigenvalue weighted by atomic mass is 15.3. The van der Waals surface area contributed by atoms with Crippen molar-refractivity contribution in [2.24, 2.45) is 0 Å². The summed E-state index contributed by atoms with van der Waals surface area (Å²) in [4.78, 5) is 9.71. The van der Waals surface area contributed by atoms with Crippen LogP contribution in [0.3, 0.4) is 0 Å². The molecule has 0 radical (unpaired) electrons. The number of para-hydroxylation sites is 3. The predicted molar refractivity (Wildman–Crippen MR) is 141 cm³/mol. The molecule has 3 nitrogen and oxygen atoms in total. The van der Waals surface area contributed by atoms with Gasteiger partial charge in [-0.3, -0.25) is 0 Å². The minimum Gasteiger partial charge on any atom is -0.360 e. The molecule has 0 aliphatic carbocycles. The molecule has 1 aromatic heterocycles. The summed E-state index contributed by atoms with van der Waals surface area (Å²) in [6.45, 7) is 9.15. The van der Waals surface area contributed by atoms with Crippen LogP contribution in [0.4, 0.5) is 22.9 Å². The van der Waals surface area contributed by atoms with Crippen LogP contribution in [0.1, 0.15) is 50.7 Å². The van der Waals surface area contributed by atoms with Gasteiger partial charge in [0.05, 0.1) is 11.4 Å². The number of pyridine rings is 1. The van der Waals surface area contributed by atoms with E-state index in [1.807, 2.05) is 12.3 Å². The first-order valence-electron chi connectivity index (χ1n) is 11.8. The van der Waals surface area contributed by atoms with Crippen LogP contribution < -0.4 is 15.1 Å². The van der Waals surface area contributed by atoms with Gasteiger partial charge in [-0.25, -0.2) is 4.98 Å². The maximum absolute atomic E-state index is 4.81. The summed E-state index contributed by atoms with van der Waals surface area (Å²) < 4.78 is 0. The summed E-state index contributed by atoms with van der Waals surface area (Å²) in [7, 11) is 0. The highest BCUT2D eigenvalue weighted by molar-refractivity contribution is 6.85. The summed E-state index contributed by atoms with van der Waals surface area (Å²) in [5, 5.41) is 0. The zero-order valence-electron chi connectivity index (χ0n) is 19.8. The van der Waals surface area contributed by atoms with Gasteiger partial charge in [0, 0.05) is 11.9 Å². The molecule has 0 unspecified atom stereocenters. The Bertz CT molecular complexity index is 1150. The van der Waals surface area contributed by atoms with E-state index in [-0.39, 0.29) is 6.98 Å². The number of benzene rings is 3. The number of anilines is 4. The lowest BCUT2D eigenvalue weighted by atomic mass is 9.59. The van der Waals surface area contributed by atoms with Gasteiger partial charge in [-0.1, -0.05) is 82.3 Å². The minimum atomic E-state index is -0.0318. The van der Waals surface area contributed by atoms with Gasteiger partial charge < -0.3 is 9.62 Å². The van der Waals surface area contributed by atoms with Crippen molar-refractivity contribution in [2.75, 3.05) is 9.62 Å². The molecule has 5 rings (SSSR count). The lowest BCUT2D eigenvalue weighted by Gasteiger charge is -2.33. The standard InChI is InChI=1S/C29H30BN3/c1-21(2)24-15-12-16-25(22(3)4)29(24)30-32(23-13-6-5-7-14-23)26-17-8-9-18-27(26)33(30)28-19-10-11-20-31-28/h5-22H,1-4H3. The Kier molecular flexibility index (Phi) is 5.68. The molecule has 3 aromatic carbocycles. The molecule has 4 heteroatoms.